The van der Waals surface area contributed by atoms with Gasteiger partial charge < -0.3 is 14.2 Å². The van der Waals surface area contributed by atoms with Gasteiger partial charge in [0, 0.05) is 19.3 Å². The predicted octanol–water partition coefficient (Wildman–Crippen LogP) is 14.8. The van der Waals surface area contributed by atoms with Crippen molar-refractivity contribution in [1.82, 2.24) is 0 Å². The number of carbonyl (C=O) groups excluding carboxylic acids is 3. The third-order valence-corrected chi connectivity index (χ3v) is 9.82. The molecule has 0 aromatic heterocycles. The van der Waals surface area contributed by atoms with E-state index in [9.17, 15) is 14.4 Å². The Labute approximate surface area is 339 Å². The minimum absolute atomic E-state index is 0.0823. The highest BCUT2D eigenvalue weighted by Crippen LogP contribution is 2.14. The Bertz CT molecular complexity index is 980. The molecule has 0 amide bonds. The summed E-state index contributed by atoms with van der Waals surface area (Å²) in [7, 11) is 0. The van der Waals surface area contributed by atoms with Crippen LogP contribution >= 0.6 is 0 Å². The van der Waals surface area contributed by atoms with Gasteiger partial charge in [0.15, 0.2) is 6.10 Å². The molecule has 0 aliphatic heterocycles. The minimum atomic E-state index is -0.781. The van der Waals surface area contributed by atoms with Crippen molar-refractivity contribution in [2.75, 3.05) is 13.2 Å². The van der Waals surface area contributed by atoms with E-state index >= 15 is 0 Å². The lowest BCUT2D eigenvalue weighted by molar-refractivity contribution is -0.167. The highest BCUT2D eigenvalue weighted by molar-refractivity contribution is 5.71. The van der Waals surface area contributed by atoms with Gasteiger partial charge in [0.05, 0.1) is 0 Å². The van der Waals surface area contributed by atoms with Crippen LogP contribution in [0.15, 0.2) is 48.6 Å². The number of allylic oxidation sites excluding steroid dienone is 8. The zero-order chi connectivity index (χ0) is 40.1. The van der Waals surface area contributed by atoms with Gasteiger partial charge >= 0.3 is 17.9 Å². The smallest absolute Gasteiger partial charge is 0.306 e. The monoisotopic (exact) mass is 771 g/mol. The van der Waals surface area contributed by atoms with Crippen LogP contribution in [0.3, 0.4) is 0 Å². The SMILES string of the molecule is CC/C=C\C/C=C\C/C=C\CCCCCCC(=O)OCC(COC(=O)CCCCCCCCCCCCC)OC(=O)CCCCCCC/C=C\CCCCC. The Morgan fingerprint density at radius 2 is 0.709 bits per heavy atom. The Morgan fingerprint density at radius 3 is 1.16 bits per heavy atom. The summed E-state index contributed by atoms with van der Waals surface area (Å²) in [5.74, 6) is -0.915. The van der Waals surface area contributed by atoms with Crippen molar-refractivity contribution < 1.29 is 28.6 Å². The molecular weight excluding hydrogens is 685 g/mol. The molecule has 0 saturated carbocycles. The van der Waals surface area contributed by atoms with Gasteiger partial charge in [-0.15, -0.1) is 0 Å². The van der Waals surface area contributed by atoms with Crippen LogP contribution in [0.5, 0.6) is 0 Å². The fourth-order valence-electron chi connectivity index (χ4n) is 6.33. The second kappa shape index (κ2) is 44.1. The average molecular weight is 771 g/mol. The predicted molar refractivity (Wildman–Crippen MR) is 233 cm³/mol. The maximum atomic E-state index is 12.7. The molecule has 0 aliphatic carbocycles. The molecule has 0 aromatic carbocycles. The van der Waals surface area contributed by atoms with Gasteiger partial charge in [-0.05, 0) is 77.0 Å². The first-order valence-electron chi connectivity index (χ1n) is 23.1. The van der Waals surface area contributed by atoms with Gasteiger partial charge in [0.1, 0.15) is 13.2 Å². The molecule has 1 unspecified atom stereocenters. The maximum Gasteiger partial charge on any atom is 0.306 e. The number of carbonyl (C=O) groups is 3. The normalized spacial score (nSPS) is 12.4. The molecule has 0 rings (SSSR count). The molecule has 318 valence electrons. The van der Waals surface area contributed by atoms with Crippen molar-refractivity contribution in [1.29, 1.82) is 0 Å². The van der Waals surface area contributed by atoms with E-state index in [2.05, 4.69) is 69.4 Å². The molecule has 0 aliphatic rings. The standard InChI is InChI=1S/C49H86O6/c1-4-7-10-13-16-19-22-24-25-28-30-33-36-39-42-48(51)54-45-46(44-53-47(50)41-38-35-32-29-26-21-18-15-12-9-6-3)55-49(52)43-40-37-34-31-27-23-20-17-14-11-8-5-2/h7,10,16-17,19-20,24-25,46H,4-6,8-9,11-15,18,21-23,26-45H2,1-3H3/b10-7-,19-16-,20-17-,25-24-. The summed E-state index contributed by atoms with van der Waals surface area (Å²) in [6.07, 6.45) is 50.9. The molecule has 6 nitrogen and oxygen atoms in total. The van der Waals surface area contributed by atoms with Crippen LogP contribution in [0, 0.1) is 0 Å². The molecule has 1 atom stereocenters. The van der Waals surface area contributed by atoms with Gasteiger partial charge in [-0.1, -0.05) is 179 Å². The Hall–Kier alpha value is -2.63. The Balaban J connectivity index is 4.41. The van der Waals surface area contributed by atoms with Crippen LogP contribution in [0.4, 0.5) is 0 Å². The van der Waals surface area contributed by atoms with Crippen molar-refractivity contribution in [2.45, 2.75) is 232 Å². The quantitative estimate of drug-likeness (QED) is 0.0267. The number of hydrogen-bond donors (Lipinski definition) is 0. The van der Waals surface area contributed by atoms with Gasteiger partial charge in [-0.3, -0.25) is 14.4 Å². The second-order valence-electron chi connectivity index (χ2n) is 15.3. The summed E-state index contributed by atoms with van der Waals surface area (Å²) in [5.41, 5.74) is 0. The zero-order valence-electron chi connectivity index (χ0n) is 36.2. The maximum absolute atomic E-state index is 12.7. The van der Waals surface area contributed by atoms with Crippen LogP contribution in [0.25, 0.3) is 0 Å². The van der Waals surface area contributed by atoms with Gasteiger partial charge in [0.25, 0.3) is 0 Å². The molecule has 0 spiro atoms. The molecule has 0 N–H and O–H groups in total. The van der Waals surface area contributed by atoms with Crippen molar-refractivity contribution >= 4 is 17.9 Å². The lowest BCUT2D eigenvalue weighted by Crippen LogP contribution is -2.30. The van der Waals surface area contributed by atoms with Crippen LogP contribution < -0.4 is 0 Å². The lowest BCUT2D eigenvalue weighted by Gasteiger charge is -2.18. The molecule has 0 radical (unpaired) electrons. The number of ether oxygens (including phenoxy) is 3. The largest absolute Gasteiger partial charge is 0.462 e. The molecule has 55 heavy (non-hydrogen) atoms. The van der Waals surface area contributed by atoms with E-state index in [-0.39, 0.29) is 31.1 Å². The third kappa shape index (κ3) is 42.4. The number of esters is 3. The molecular formula is C49H86O6. The van der Waals surface area contributed by atoms with Crippen molar-refractivity contribution in [3.8, 4) is 0 Å². The highest BCUT2D eigenvalue weighted by atomic mass is 16.6. The minimum Gasteiger partial charge on any atom is -0.462 e. The molecule has 0 aromatic rings. The van der Waals surface area contributed by atoms with Crippen LogP contribution in [-0.4, -0.2) is 37.2 Å². The summed E-state index contributed by atoms with van der Waals surface area (Å²) in [5, 5.41) is 0. The number of unbranched alkanes of at least 4 members (excludes halogenated alkanes) is 22. The van der Waals surface area contributed by atoms with Gasteiger partial charge in [-0.2, -0.15) is 0 Å². The fraction of sp³-hybridized carbons (Fsp3) is 0.776. The average Bonchev–Trinajstić information content (AvgIpc) is 3.18. The van der Waals surface area contributed by atoms with Crippen LogP contribution in [-0.2, 0) is 28.6 Å². The van der Waals surface area contributed by atoms with Gasteiger partial charge in [-0.25, -0.2) is 0 Å². The first-order chi connectivity index (χ1) is 27.0. The molecule has 0 saturated heterocycles. The molecule has 6 heteroatoms. The summed E-state index contributed by atoms with van der Waals surface area (Å²) in [4.78, 5) is 37.7. The van der Waals surface area contributed by atoms with E-state index in [1.807, 2.05) is 0 Å². The van der Waals surface area contributed by atoms with E-state index < -0.39 is 6.10 Å². The summed E-state index contributed by atoms with van der Waals surface area (Å²) in [6.45, 7) is 6.46. The highest BCUT2D eigenvalue weighted by Gasteiger charge is 2.19. The lowest BCUT2D eigenvalue weighted by atomic mass is 10.1. The van der Waals surface area contributed by atoms with E-state index in [1.165, 1.54) is 83.5 Å². The summed E-state index contributed by atoms with van der Waals surface area (Å²) < 4.78 is 16.7. The second-order valence-corrected chi connectivity index (χ2v) is 15.3. The number of hydrogen-bond acceptors (Lipinski definition) is 6. The van der Waals surface area contributed by atoms with E-state index in [4.69, 9.17) is 14.2 Å². The van der Waals surface area contributed by atoms with Crippen molar-refractivity contribution in [3.05, 3.63) is 48.6 Å². The van der Waals surface area contributed by atoms with E-state index in [0.29, 0.717) is 19.3 Å². The number of rotatable bonds is 41. The summed E-state index contributed by atoms with van der Waals surface area (Å²) in [6, 6.07) is 0. The first-order valence-corrected chi connectivity index (χ1v) is 23.1. The summed E-state index contributed by atoms with van der Waals surface area (Å²) >= 11 is 0. The zero-order valence-corrected chi connectivity index (χ0v) is 36.2. The first kappa shape index (κ1) is 52.4. The van der Waals surface area contributed by atoms with Crippen LogP contribution in [0.2, 0.25) is 0 Å². The Morgan fingerprint density at radius 1 is 0.382 bits per heavy atom. The van der Waals surface area contributed by atoms with Crippen LogP contribution in [0.1, 0.15) is 226 Å². The Kier molecular flexibility index (Phi) is 42.0. The van der Waals surface area contributed by atoms with E-state index in [1.54, 1.807) is 0 Å². The fourth-order valence-corrected chi connectivity index (χ4v) is 6.33. The van der Waals surface area contributed by atoms with E-state index in [0.717, 1.165) is 103 Å². The van der Waals surface area contributed by atoms with Crippen molar-refractivity contribution in [3.63, 3.8) is 0 Å². The molecule has 0 fully saturated rings. The molecule has 0 heterocycles. The van der Waals surface area contributed by atoms with Gasteiger partial charge in [0.2, 0.25) is 0 Å². The molecule has 0 bridgehead atoms. The van der Waals surface area contributed by atoms with Crippen molar-refractivity contribution in [2.24, 2.45) is 0 Å². The third-order valence-electron chi connectivity index (χ3n) is 9.82. The topological polar surface area (TPSA) is 78.9 Å².